The predicted molar refractivity (Wildman–Crippen MR) is 24.2 cm³/mol. The van der Waals surface area contributed by atoms with Gasteiger partial charge in [0.15, 0.2) is 0 Å². The Bertz CT molecular complexity index is 33.8. The second kappa shape index (κ2) is 9.20. The first kappa shape index (κ1) is 15.9. The summed E-state index contributed by atoms with van der Waals surface area (Å²) in [6.07, 6.45) is -1.83. The van der Waals surface area contributed by atoms with Gasteiger partial charge in [0.2, 0.25) is 0 Å². The number of carboxylic acid groups (broad SMARTS) is 2. The Morgan fingerprint density at radius 2 is 1.33 bits per heavy atom. The van der Waals surface area contributed by atoms with Crippen LogP contribution in [-0.2, 0) is 0 Å². The van der Waals surface area contributed by atoms with Crippen molar-refractivity contribution < 1.29 is 15.0 Å². The molecule has 0 aromatic carbocycles. The van der Waals surface area contributed by atoms with E-state index >= 15 is 0 Å². The standard InChI is InChI=1S/CH2O3.H3N.Sr.2H/c2-1(3)4;;;;/h(H2,2,3,4);1H3;;;. The summed E-state index contributed by atoms with van der Waals surface area (Å²) in [4.78, 5) is 8.56. The molecule has 0 aromatic heterocycles. The minimum atomic E-state index is -1.83. The molecule has 0 radical (unpaired) electrons. The quantitative estimate of drug-likeness (QED) is 0.424. The van der Waals surface area contributed by atoms with E-state index in [1.807, 2.05) is 0 Å². The van der Waals surface area contributed by atoms with Gasteiger partial charge >= 0.3 is 51.6 Å². The number of hydrogen-bond donors (Lipinski definition) is 3. The van der Waals surface area contributed by atoms with Crippen LogP contribution in [0.5, 0.6) is 0 Å². The summed E-state index contributed by atoms with van der Waals surface area (Å²) in [6.45, 7) is 0. The van der Waals surface area contributed by atoms with Gasteiger partial charge in [-0.3, -0.25) is 0 Å². The third-order valence-electron chi connectivity index (χ3n) is 0. The fourth-order valence-electron chi connectivity index (χ4n) is 0. The first-order chi connectivity index (χ1) is 1.73. The fraction of sp³-hybridized carbons (Fsp3) is 0. The molecule has 0 aliphatic rings. The molecule has 5 N–H and O–H groups in total. The van der Waals surface area contributed by atoms with Crippen LogP contribution < -0.4 is 6.15 Å². The summed E-state index contributed by atoms with van der Waals surface area (Å²) in [5.41, 5.74) is 0. The van der Waals surface area contributed by atoms with Crippen LogP contribution >= 0.6 is 0 Å². The molecule has 0 fully saturated rings. The van der Waals surface area contributed by atoms with Crippen molar-refractivity contribution in [2.45, 2.75) is 0 Å². The van der Waals surface area contributed by atoms with Crippen LogP contribution in [0.25, 0.3) is 0 Å². The van der Waals surface area contributed by atoms with Crippen molar-refractivity contribution in [3.8, 4) is 0 Å². The summed E-state index contributed by atoms with van der Waals surface area (Å²) < 4.78 is 0. The fourth-order valence-corrected chi connectivity index (χ4v) is 0. The normalized spacial score (nSPS) is 4.00. The van der Waals surface area contributed by atoms with E-state index in [0.717, 1.165) is 0 Å². The van der Waals surface area contributed by atoms with Crippen molar-refractivity contribution in [2.75, 3.05) is 0 Å². The SMILES string of the molecule is N.O=C(O)O.[SrH2]. The summed E-state index contributed by atoms with van der Waals surface area (Å²) in [6, 6.07) is 0. The Morgan fingerprint density at radius 1 is 1.33 bits per heavy atom. The number of carbonyl (C=O) groups is 1. The van der Waals surface area contributed by atoms with Crippen molar-refractivity contribution in [2.24, 2.45) is 0 Å². The van der Waals surface area contributed by atoms with E-state index in [1.165, 1.54) is 0 Å². The third-order valence-corrected chi connectivity index (χ3v) is 0. The van der Waals surface area contributed by atoms with Gasteiger partial charge in [-0.15, -0.1) is 0 Å². The molecule has 0 aliphatic carbocycles. The Hall–Kier alpha value is 0.711. The minimum absolute atomic E-state index is 0. The van der Waals surface area contributed by atoms with E-state index in [2.05, 4.69) is 0 Å². The molecule has 0 aliphatic heterocycles. The summed E-state index contributed by atoms with van der Waals surface area (Å²) >= 11 is 0. The average molecular weight is 169 g/mol. The first-order valence-electron chi connectivity index (χ1n) is 0.651. The van der Waals surface area contributed by atoms with Crippen molar-refractivity contribution >= 4 is 51.6 Å². The molecule has 0 saturated carbocycles. The Morgan fingerprint density at radius 3 is 1.33 bits per heavy atom. The molecule has 0 unspecified atom stereocenters. The molecule has 0 saturated heterocycles. The molecule has 0 atom stereocenters. The van der Waals surface area contributed by atoms with Gasteiger partial charge in [-0.05, 0) is 0 Å². The Labute approximate surface area is 72.0 Å². The number of rotatable bonds is 0. The third kappa shape index (κ3) is 128. The van der Waals surface area contributed by atoms with E-state index < -0.39 is 6.16 Å². The van der Waals surface area contributed by atoms with Crippen LogP contribution in [0.1, 0.15) is 0 Å². The molecule has 0 rings (SSSR count). The van der Waals surface area contributed by atoms with Crippen LogP contribution in [0.15, 0.2) is 0 Å². The second-order valence-electron chi connectivity index (χ2n) is 0.283. The molecule has 0 bridgehead atoms. The molecule has 0 aromatic rings. The molecule has 6 heavy (non-hydrogen) atoms. The van der Waals surface area contributed by atoms with Gasteiger partial charge in [-0.25, -0.2) is 4.79 Å². The van der Waals surface area contributed by atoms with Crippen LogP contribution in [-0.4, -0.2) is 61.9 Å². The van der Waals surface area contributed by atoms with Gasteiger partial charge in [0.05, 0.1) is 0 Å². The maximum absolute atomic E-state index is 8.56. The zero-order valence-electron chi connectivity index (χ0n) is 2.51. The van der Waals surface area contributed by atoms with Gasteiger partial charge in [0.25, 0.3) is 0 Å². The van der Waals surface area contributed by atoms with Crippen molar-refractivity contribution in [3.05, 3.63) is 0 Å². The van der Waals surface area contributed by atoms with Gasteiger partial charge in [-0.2, -0.15) is 0 Å². The molecule has 0 amide bonds. The maximum atomic E-state index is 8.56. The molecular formula is CH7NO3Sr. The van der Waals surface area contributed by atoms with E-state index in [0.29, 0.717) is 0 Å². The Balaban J connectivity index is -0.0000000450. The van der Waals surface area contributed by atoms with Crippen molar-refractivity contribution in [1.82, 2.24) is 6.15 Å². The van der Waals surface area contributed by atoms with E-state index in [9.17, 15) is 0 Å². The average Bonchev–Trinajstić information content (AvgIpc) is 0.811. The molecule has 36 valence electrons. The van der Waals surface area contributed by atoms with E-state index in [4.69, 9.17) is 15.0 Å². The zero-order chi connectivity index (χ0) is 3.58. The van der Waals surface area contributed by atoms with Gasteiger partial charge in [0, 0.05) is 0 Å². The molecule has 5 heteroatoms. The van der Waals surface area contributed by atoms with Crippen LogP contribution in [0.4, 0.5) is 4.79 Å². The summed E-state index contributed by atoms with van der Waals surface area (Å²) in [5, 5.41) is 13.9. The number of hydrogen-bond acceptors (Lipinski definition) is 2. The van der Waals surface area contributed by atoms with Crippen LogP contribution in [0.2, 0.25) is 0 Å². The summed E-state index contributed by atoms with van der Waals surface area (Å²) in [7, 11) is 0. The van der Waals surface area contributed by atoms with Gasteiger partial charge in [-0.1, -0.05) is 0 Å². The van der Waals surface area contributed by atoms with Crippen LogP contribution in [0, 0.1) is 0 Å². The van der Waals surface area contributed by atoms with Gasteiger partial charge in [0.1, 0.15) is 0 Å². The molecule has 0 heterocycles. The molecule has 4 nitrogen and oxygen atoms in total. The molecule has 0 spiro atoms. The monoisotopic (exact) mass is 169 g/mol. The van der Waals surface area contributed by atoms with Crippen molar-refractivity contribution in [1.29, 1.82) is 0 Å². The van der Waals surface area contributed by atoms with Gasteiger partial charge < -0.3 is 16.4 Å². The Kier molecular flexibility index (Phi) is 24.4. The van der Waals surface area contributed by atoms with E-state index in [-0.39, 0.29) is 51.6 Å². The molecular weight excluding hydrogens is 162 g/mol. The topological polar surface area (TPSA) is 92.5 Å². The summed E-state index contributed by atoms with van der Waals surface area (Å²) in [5.74, 6) is 0. The predicted octanol–water partition coefficient (Wildman–Crippen LogP) is -0.532. The van der Waals surface area contributed by atoms with Crippen LogP contribution in [0.3, 0.4) is 0 Å². The van der Waals surface area contributed by atoms with Crippen molar-refractivity contribution in [3.63, 3.8) is 0 Å². The second-order valence-corrected chi connectivity index (χ2v) is 0.283. The van der Waals surface area contributed by atoms with E-state index in [1.54, 1.807) is 0 Å². The first-order valence-corrected chi connectivity index (χ1v) is 0.651. The zero-order valence-corrected chi connectivity index (χ0v) is 2.51.